The molecule has 3 rings (SSSR count). The molecule has 0 saturated carbocycles. The first-order valence-electron chi connectivity index (χ1n) is 8.85. The molecule has 0 atom stereocenters. The van der Waals surface area contributed by atoms with E-state index in [1.807, 2.05) is 12.1 Å². The minimum atomic E-state index is 0.637. The number of benzene rings is 2. The van der Waals surface area contributed by atoms with Gasteiger partial charge in [-0.2, -0.15) is 0 Å². The Bertz CT molecular complexity index is 698. The molecule has 1 aliphatic heterocycles. The molecule has 1 aliphatic rings. The van der Waals surface area contributed by atoms with Crippen LogP contribution in [0.25, 0.3) is 0 Å². The number of methoxy groups -OCH3 is 1. The van der Waals surface area contributed by atoms with Crippen molar-refractivity contribution in [2.75, 3.05) is 50.2 Å². The van der Waals surface area contributed by atoms with Gasteiger partial charge in [0.25, 0.3) is 0 Å². The van der Waals surface area contributed by atoms with Gasteiger partial charge in [0.05, 0.1) is 20.3 Å². The minimum absolute atomic E-state index is 0.637. The number of ether oxygens (including phenoxy) is 2. The summed E-state index contributed by atoms with van der Waals surface area (Å²) in [5.41, 5.74) is 3.46. The van der Waals surface area contributed by atoms with E-state index in [-0.39, 0.29) is 0 Å². The fourth-order valence-electron chi connectivity index (χ4n) is 2.86. The zero-order chi connectivity index (χ0) is 18.2. The maximum Gasteiger partial charge on any atom is 0.170 e. The predicted molar refractivity (Wildman–Crippen MR) is 110 cm³/mol. The third-order valence-corrected chi connectivity index (χ3v) is 4.61. The molecule has 0 aromatic heterocycles. The van der Waals surface area contributed by atoms with Crippen molar-refractivity contribution >= 4 is 28.7 Å². The first-order valence-corrected chi connectivity index (χ1v) is 9.26. The largest absolute Gasteiger partial charge is 0.497 e. The quantitative estimate of drug-likeness (QED) is 0.761. The van der Waals surface area contributed by atoms with Crippen molar-refractivity contribution in [3.05, 3.63) is 54.1 Å². The summed E-state index contributed by atoms with van der Waals surface area (Å²) >= 11 is 5.38. The molecule has 0 bridgehead atoms. The second-order valence-corrected chi connectivity index (χ2v) is 6.53. The van der Waals surface area contributed by atoms with Gasteiger partial charge in [-0.1, -0.05) is 12.1 Å². The fraction of sp³-hybridized carbons (Fsp3) is 0.350. The first-order chi connectivity index (χ1) is 12.7. The Morgan fingerprint density at radius 2 is 1.77 bits per heavy atom. The van der Waals surface area contributed by atoms with Crippen molar-refractivity contribution < 1.29 is 9.47 Å². The van der Waals surface area contributed by atoms with Crippen molar-refractivity contribution in [2.45, 2.75) is 6.42 Å². The average molecular weight is 372 g/mol. The molecule has 6 heteroatoms. The van der Waals surface area contributed by atoms with Gasteiger partial charge in [0.1, 0.15) is 5.75 Å². The molecule has 2 N–H and O–H groups in total. The minimum Gasteiger partial charge on any atom is -0.497 e. The van der Waals surface area contributed by atoms with Gasteiger partial charge in [0.15, 0.2) is 5.11 Å². The molecule has 0 unspecified atom stereocenters. The van der Waals surface area contributed by atoms with Crippen LogP contribution < -0.4 is 20.3 Å². The fourth-order valence-corrected chi connectivity index (χ4v) is 3.08. The highest BCUT2D eigenvalue weighted by Gasteiger charge is 2.10. The first kappa shape index (κ1) is 18.5. The van der Waals surface area contributed by atoms with Crippen molar-refractivity contribution in [2.24, 2.45) is 0 Å². The molecule has 2 aromatic carbocycles. The van der Waals surface area contributed by atoms with Crippen molar-refractivity contribution in [1.82, 2.24) is 5.32 Å². The van der Waals surface area contributed by atoms with E-state index in [9.17, 15) is 0 Å². The van der Waals surface area contributed by atoms with Crippen LogP contribution in [0.2, 0.25) is 0 Å². The van der Waals surface area contributed by atoms with Crippen LogP contribution in [-0.2, 0) is 11.2 Å². The van der Waals surface area contributed by atoms with Crippen LogP contribution in [0.1, 0.15) is 5.56 Å². The lowest BCUT2D eigenvalue weighted by molar-refractivity contribution is 0.122. The van der Waals surface area contributed by atoms with Crippen molar-refractivity contribution in [1.29, 1.82) is 0 Å². The SMILES string of the molecule is COc1ccc(CCNC(=S)Nc2ccc(N3CCOCC3)cc2)cc1. The third kappa shape index (κ3) is 5.34. The lowest BCUT2D eigenvalue weighted by atomic mass is 10.1. The number of nitrogens with zero attached hydrogens (tertiary/aromatic N) is 1. The predicted octanol–water partition coefficient (Wildman–Crippen LogP) is 3.06. The van der Waals surface area contributed by atoms with Crippen LogP contribution in [0.3, 0.4) is 0 Å². The Morgan fingerprint density at radius 3 is 2.42 bits per heavy atom. The van der Waals surface area contributed by atoms with Gasteiger partial charge >= 0.3 is 0 Å². The molecule has 2 aromatic rings. The number of thiocarbonyl (C=S) groups is 1. The monoisotopic (exact) mass is 371 g/mol. The van der Waals surface area contributed by atoms with E-state index in [0.717, 1.165) is 50.7 Å². The zero-order valence-corrected chi connectivity index (χ0v) is 15.8. The van der Waals surface area contributed by atoms with Gasteiger partial charge in [0.2, 0.25) is 0 Å². The maximum atomic E-state index is 5.39. The third-order valence-electron chi connectivity index (χ3n) is 4.36. The Morgan fingerprint density at radius 1 is 1.08 bits per heavy atom. The van der Waals surface area contributed by atoms with Crippen LogP contribution in [0.15, 0.2) is 48.5 Å². The van der Waals surface area contributed by atoms with Gasteiger partial charge in [-0.3, -0.25) is 0 Å². The van der Waals surface area contributed by atoms with E-state index in [0.29, 0.717) is 5.11 Å². The molecule has 1 heterocycles. The average Bonchev–Trinajstić information content (AvgIpc) is 2.70. The summed E-state index contributed by atoms with van der Waals surface area (Å²) in [4.78, 5) is 2.33. The lowest BCUT2D eigenvalue weighted by Gasteiger charge is -2.29. The molecule has 5 nitrogen and oxygen atoms in total. The summed E-state index contributed by atoms with van der Waals surface area (Å²) in [5.74, 6) is 0.874. The Hall–Kier alpha value is -2.31. The Kier molecular flexibility index (Phi) is 6.68. The molecule has 0 spiro atoms. The molecular formula is C20H25N3O2S. The molecule has 0 amide bonds. The smallest absolute Gasteiger partial charge is 0.170 e. The van der Waals surface area contributed by atoms with Gasteiger partial charge in [-0.15, -0.1) is 0 Å². The van der Waals surface area contributed by atoms with Crippen LogP contribution in [-0.4, -0.2) is 45.1 Å². The van der Waals surface area contributed by atoms with E-state index in [2.05, 4.69) is 51.9 Å². The summed E-state index contributed by atoms with van der Waals surface area (Å²) in [5, 5.41) is 7.12. The van der Waals surface area contributed by atoms with E-state index >= 15 is 0 Å². The topological polar surface area (TPSA) is 45.8 Å². The molecule has 26 heavy (non-hydrogen) atoms. The van der Waals surface area contributed by atoms with Crippen LogP contribution >= 0.6 is 12.2 Å². The number of hydrogen-bond donors (Lipinski definition) is 2. The molecule has 1 fully saturated rings. The van der Waals surface area contributed by atoms with Gasteiger partial charge < -0.3 is 25.0 Å². The Balaban J connectivity index is 1.42. The highest BCUT2D eigenvalue weighted by molar-refractivity contribution is 7.80. The maximum absolute atomic E-state index is 5.39. The normalized spacial score (nSPS) is 14.0. The summed E-state index contributed by atoms with van der Waals surface area (Å²) in [6.45, 7) is 4.25. The van der Waals surface area contributed by atoms with Crippen molar-refractivity contribution in [3.63, 3.8) is 0 Å². The van der Waals surface area contributed by atoms with E-state index in [1.54, 1.807) is 7.11 Å². The van der Waals surface area contributed by atoms with E-state index < -0.39 is 0 Å². The molecule has 0 aliphatic carbocycles. The number of rotatable bonds is 6. The summed E-state index contributed by atoms with van der Waals surface area (Å²) in [7, 11) is 1.67. The van der Waals surface area contributed by atoms with E-state index in [1.165, 1.54) is 11.3 Å². The van der Waals surface area contributed by atoms with Crippen molar-refractivity contribution in [3.8, 4) is 5.75 Å². The standard InChI is InChI=1S/C20H25N3O2S/c1-24-19-8-2-16(3-9-19)10-11-21-20(26)22-17-4-6-18(7-5-17)23-12-14-25-15-13-23/h2-9H,10-15H2,1H3,(H2,21,22,26). The van der Waals surface area contributed by atoms with E-state index in [4.69, 9.17) is 21.7 Å². The second kappa shape index (κ2) is 9.40. The number of hydrogen-bond acceptors (Lipinski definition) is 4. The van der Waals surface area contributed by atoms with Crippen LogP contribution in [0.4, 0.5) is 11.4 Å². The summed E-state index contributed by atoms with van der Waals surface area (Å²) < 4.78 is 10.6. The van der Waals surface area contributed by atoms with Crippen LogP contribution in [0.5, 0.6) is 5.75 Å². The molecular weight excluding hydrogens is 346 g/mol. The zero-order valence-electron chi connectivity index (χ0n) is 15.0. The lowest BCUT2D eigenvalue weighted by Crippen LogP contribution is -2.36. The number of nitrogens with one attached hydrogen (secondary N) is 2. The highest BCUT2D eigenvalue weighted by Crippen LogP contribution is 2.19. The summed E-state index contributed by atoms with van der Waals surface area (Å²) in [6.07, 6.45) is 0.905. The van der Waals surface area contributed by atoms with Gasteiger partial charge in [-0.05, 0) is 60.6 Å². The van der Waals surface area contributed by atoms with Gasteiger partial charge in [-0.25, -0.2) is 0 Å². The number of morpholine rings is 1. The second-order valence-electron chi connectivity index (χ2n) is 6.13. The molecule has 138 valence electrons. The number of anilines is 2. The van der Waals surface area contributed by atoms with Gasteiger partial charge in [0, 0.05) is 31.0 Å². The summed E-state index contributed by atoms with van der Waals surface area (Å²) in [6, 6.07) is 16.4. The molecule has 0 radical (unpaired) electrons. The van der Waals surface area contributed by atoms with Crippen LogP contribution in [0, 0.1) is 0 Å². The molecule has 1 saturated heterocycles. The highest BCUT2D eigenvalue weighted by atomic mass is 32.1. The Labute approximate surface area is 160 Å².